The zero-order valence-electron chi connectivity index (χ0n) is 13.8. The van der Waals surface area contributed by atoms with Gasteiger partial charge in [-0.15, -0.1) is 10.2 Å². The zero-order chi connectivity index (χ0) is 18.8. The normalized spacial score (nSPS) is 10.9. The van der Waals surface area contributed by atoms with Crippen molar-refractivity contribution in [3.63, 3.8) is 0 Å². The van der Waals surface area contributed by atoms with Crippen molar-refractivity contribution in [2.75, 3.05) is 5.32 Å². The number of hydrogen-bond acceptors (Lipinski definition) is 6. The van der Waals surface area contributed by atoms with Crippen molar-refractivity contribution in [2.24, 2.45) is 0 Å². The zero-order valence-corrected chi connectivity index (χ0v) is 14.6. The lowest BCUT2D eigenvalue weighted by Crippen LogP contribution is -2.27. The van der Waals surface area contributed by atoms with Crippen LogP contribution in [0, 0.1) is 5.82 Å². The number of aromatic nitrogens is 4. The van der Waals surface area contributed by atoms with Crippen LogP contribution in [0.25, 0.3) is 21.5 Å². The molecule has 134 valence electrons. The van der Waals surface area contributed by atoms with Crippen molar-refractivity contribution in [3.05, 3.63) is 71.0 Å². The number of hydrogen-bond donors (Lipinski definition) is 1. The third kappa shape index (κ3) is 3.58. The average Bonchev–Trinajstić information content (AvgIpc) is 3.13. The Morgan fingerprint density at radius 1 is 1.15 bits per heavy atom. The number of nitrogens with one attached hydrogen (secondary N) is 1. The molecule has 0 unspecified atom stereocenters. The quantitative estimate of drug-likeness (QED) is 0.587. The van der Waals surface area contributed by atoms with Crippen LogP contribution in [0.4, 0.5) is 9.52 Å². The minimum absolute atomic E-state index is 0.203. The van der Waals surface area contributed by atoms with E-state index in [4.69, 9.17) is 0 Å². The molecule has 0 aliphatic heterocycles. The summed E-state index contributed by atoms with van der Waals surface area (Å²) >= 11 is 1.12. The molecular formula is C18H12FN5O2S. The highest BCUT2D eigenvalue weighted by atomic mass is 32.1. The molecule has 0 spiro atoms. The lowest BCUT2D eigenvalue weighted by atomic mass is 10.2. The summed E-state index contributed by atoms with van der Waals surface area (Å²) in [6.07, 6.45) is 1.34. The van der Waals surface area contributed by atoms with E-state index in [2.05, 4.69) is 20.5 Å². The van der Waals surface area contributed by atoms with Gasteiger partial charge in [0.2, 0.25) is 11.0 Å². The van der Waals surface area contributed by atoms with Gasteiger partial charge in [-0.2, -0.15) is 0 Å². The van der Waals surface area contributed by atoms with Crippen LogP contribution in [0.15, 0.2) is 59.7 Å². The van der Waals surface area contributed by atoms with Crippen LogP contribution in [0.1, 0.15) is 0 Å². The molecule has 27 heavy (non-hydrogen) atoms. The first-order valence-corrected chi connectivity index (χ1v) is 8.75. The number of carbonyl (C=O) groups excluding carboxylic acids is 1. The molecular weight excluding hydrogens is 369 g/mol. The van der Waals surface area contributed by atoms with Crippen molar-refractivity contribution in [2.45, 2.75) is 6.54 Å². The van der Waals surface area contributed by atoms with Gasteiger partial charge in [0.05, 0.1) is 17.2 Å². The van der Waals surface area contributed by atoms with E-state index in [1.165, 1.54) is 23.0 Å². The second-order valence-electron chi connectivity index (χ2n) is 5.67. The summed E-state index contributed by atoms with van der Waals surface area (Å²) in [6, 6.07) is 12.9. The van der Waals surface area contributed by atoms with Gasteiger partial charge in [0.15, 0.2) is 0 Å². The van der Waals surface area contributed by atoms with Gasteiger partial charge in [0.25, 0.3) is 5.56 Å². The van der Waals surface area contributed by atoms with Crippen LogP contribution in [-0.4, -0.2) is 25.7 Å². The summed E-state index contributed by atoms with van der Waals surface area (Å²) in [5.41, 5.74) is 0.847. The molecule has 2 aromatic heterocycles. The Balaban J connectivity index is 1.50. The first-order valence-electron chi connectivity index (χ1n) is 7.93. The number of amides is 1. The molecule has 0 aliphatic rings. The van der Waals surface area contributed by atoms with E-state index in [1.807, 2.05) is 0 Å². The third-order valence-corrected chi connectivity index (χ3v) is 4.68. The molecule has 7 nitrogen and oxygen atoms in total. The average molecular weight is 381 g/mol. The smallest absolute Gasteiger partial charge is 0.261 e. The minimum Gasteiger partial charge on any atom is -0.299 e. The number of halogens is 1. The van der Waals surface area contributed by atoms with Gasteiger partial charge in [0.1, 0.15) is 17.4 Å². The van der Waals surface area contributed by atoms with Crippen LogP contribution in [0.3, 0.4) is 0 Å². The second kappa shape index (κ2) is 7.04. The van der Waals surface area contributed by atoms with Crippen molar-refractivity contribution < 1.29 is 9.18 Å². The van der Waals surface area contributed by atoms with Gasteiger partial charge < -0.3 is 0 Å². The molecule has 0 bridgehead atoms. The highest BCUT2D eigenvalue weighted by molar-refractivity contribution is 7.18. The highest BCUT2D eigenvalue weighted by Crippen LogP contribution is 2.26. The Morgan fingerprint density at radius 2 is 2.00 bits per heavy atom. The Morgan fingerprint density at radius 3 is 2.85 bits per heavy atom. The maximum Gasteiger partial charge on any atom is 0.261 e. The first kappa shape index (κ1) is 17.0. The molecule has 0 saturated heterocycles. The summed E-state index contributed by atoms with van der Waals surface area (Å²) < 4.78 is 14.5. The Kier molecular flexibility index (Phi) is 4.43. The van der Waals surface area contributed by atoms with Crippen molar-refractivity contribution in [1.82, 2.24) is 19.7 Å². The molecule has 0 fully saturated rings. The summed E-state index contributed by atoms with van der Waals surface area (Å²) in [4.78, 5) is 28.8. The predicted octanol–water partition coefficient (Wildman–Crippen LogP) is 2.69. The van der Waals surface area contributed by atoms with Gasteiger partial charge in [-0.3, -0.25) is 19.5 Å². The molecule has 1 N–H and O–H groups in total. The number of rotatable bonds is 4. The number of anilines is 1. The van der Waals surface area contributed by atoms with Crippen LogP contribution in [0.5, 0.6) is 0 Å². The minimum atomic E-state index is -0.434. The van der Waals surface area contributed by atoms with Crippen molar-refractivity contribution in [3.8, 4) is 10.6 Å². The van der Waals surface area contributed by atoms with E-state index in [9.17, 15) is 14.0 Å². The molecule has 0 radical (unpaired) electrons. The van der Waals surface area contributed by atoms with Crippen LogP contribution < -0.4 is 10.9 Å². The fraction of sp³-hybridized carbons (Fsp3) is 0.0556. The van der Waals surface area contributed by atoms with Crippen LogP contribution in [0.2, 0.25) is 0 Å². The largest absolute Gasteiger partial charge is 0.299 e. The van der Waals surface area contributed by atoms with E-state index < -0.39 is 5.91 Å². The van der Waals surface area contributed by atoms with Crippen molar-refractivity contribution >= 4 is 33.3 Å². The standard InChI is InChI=1S/C18H12FN5O2S/c19-12-5-3-4-11(8-12)16-22-23-18(27-16)21-15(25)9-24-10-20-14-7-2-1-6-13(14)17(24)26/h1-8,10H,9H2,(H,21,23,25). The Bertz CT molecular complexity index is 1200. The number of carbonyl (C=O) groups is 1. The maximum atomic E-state index is 13.3. The van der Waals surface area contributed by atoms with E-state index in [0.717, 1.165) is 11.3 Å². The third-order valence-electron chi connectivity index (χ3n) is 3.79. The molecule has 4 aromatic rings. The van der Waals surface area contributed by atoms with E-state index >= 15 is 0 Å². The van der Waals surface area contributed by atoms with E-state index in [0.29, 0.717) is 21.5 Å². The van der Waals surface area contributed by atoms with Gasteiger partial charge in [0, 0.05) is 5.56 Å². The number of nitrogens with zero attached hydrogens (tertiary/aromatic N) is 4. The number of fused-ring (bicyclic) bond motifs is 1. The van der Waals surface area contributed by atoms with Crippen molar-refractivity contribution in [1.29, 1.82) is 0 Å². The maximum absolute atomic E-state index is 13.3. The topological polar surface area (TPSA) is 89.8 Å². The summed E-state index contributed by atoms with van der Waals surface area (Å²) in [5, 5.41) is 11.6. The van der Waals surface area contributed by atoms with Gasteiger partial charge in [-0.05, 0) is 24.3 Å². The lowest BCUT2D eigenvalue weighted by Gasteiger charge is -2.05. The molecule has 0 aliphatic carbocycles. The SMILES string of the molecule is O=C(Cn1cnc2ccccc2c1=O)Nc1nnc(-c2cccc(F)c2)s1. The summed E-state index contributed by atoms with van der Waals surface area (Å²) in [7, 11) is 0. The molecule has 2 heterocycles. The Hall–Kier alpha value is -3.46. The fourth-order valence-corrected chi connectivity index (χ4v) is 3.30. The fourth-order valence-electron chi connectivity index (χ4n) is 2.54. The number of para-hydroxylation sites is 1. The summed E-state index contributed by atoms with van der Waals surface area (Å²) in [6.45, 7) is -0.203. The predicted molar refractivity (Wildman–Crippen MR) is 99.9 cm³/mol. The second-order valence-corrected chi connectivity index (χ2v) is 6.64. The van der Waals surface area contributed by atoms with Crippen LogP contribution >= 0.6 is 11.3 Å². The molecule has 2 aromatic carbocycles. The molecule has 0 atom stereocenters. The lowest BCUT2D eigenvalue weighted by molar-refractivity contribution is -0.116. The van der Waals surface area contributed by atoms with Gasteiger partial charge in [-0.25, -0.2) is 9.37 Å². The molecule has 4 rings (SSSR count). The van der Waals surface area contributed by atoms with Gasteiger partial charge in [-0.1, -0.05) is 35.6 Å². The molecule has 0 saturated carbocycles. The highest BCUT2D eigenvalue weighted by Gasteiger charge is 2.12. The number of benzene rings is 2. The van der Waals surface area contributed by atoms with E-state index in [-0.39, 0.29) is 23.1 Å². The monoisotopic (exact) mass is 381 g/mol. The first-order chi connectivity index (χ1) is 13.1. The molecule has 9 heteroatoms. The van der Waals surface area contributed by atoms with Crippen LogP contribution in [-0.2, 0) is 11.3 Å². The van der Waals surface area contributed by atoms with E-state index in [1.54, 1.807) is 36.4 Å². The molecule has 1 amide bonds. The van der Waals surface area contributed by atoms with Gasteiger partial charge >= 0.3 is 0 Å². The Labute approximate surface area is 156 Å². The summed E-state index contributed by atoms with van der Waals surface area (Å²) in [5.74, 6) is -0.812.